The maximum Gasteiger partial charge on any atom is 0.213 e. The summed E-state index contributed by atoms with van der Waals surface area (Å²) < 4.78 is 25.6. The monoisotopic (exact) mass is 419 g/mol. The molecule has 1 fully saturated rings. The van der Waals surface area contributed by atoms with Crippen LogP contribution in [0.2, 0.25) is 0 Å². The van der Waals surface area contributed by atoms with Gasteiger partial charge >= 0.3 is 0 Å². The summed E-state index contributed by atoms with van der Waals surface area (Å²) in [5, 5.41) is 8.06. The van der Waals surface area contributed by atoms with Crippen LogP contribution in [0.15, 0.2) is 29.4 Å². The number of nitrogens with one attached hydrogen (secondary N) is 3. The lowest BCUT2D eigenvalue weighted by Crippen LogP contribution is -2.50. The van der Waals surface area contributed by atoms with Gasteiger partial charge in [-0.15, -0.1) is 0 Å². The molecule has 2 aromatic rings. The number of benzene rings is 1. The number of piperidine rings is 1. The van der Waals surface area contributed by atoms with Crippen molar-refractivity contribution in [3.05, 3.63) is 35.5 Å². The van der Waals surface area contributed by atoms with Crippen molar-refractivity contribution in [2.24, 2.45) is 4.99 Å². The normalized spacial score (nSPS) is 17.0. The molecule has 0 bridgehead atoms. The lowest BCUT2D eigenvalue weighted by molar-refractivity contribution is 0.306. The number of sulfonamides is 1. The Morgan fingerprint density at radius 3 is 2.72 bits per heavy atom. The van der Waals surface area contributed by atoms with E-state index in [4.69, 9.17) is 4.99 Å². The zero-order chi connectivity index (χ0) is 20.9. The Balaban J connectivity index is 1.57. The van der Waals surface area contributed by atoms with Crippen LogP contribution in [0.4, 0.5) is 0 Å². The third kappa shape index (κ3) is 5.30. The summed E-state index contributed by atoms with van der Waals surface area (Å²) in [7, 11) is -3.09. The number of H-pyrrole nitrogens is 1. The molecule has 2 heterocycles. The number of aromatic amines is 1. The number of nitrogens with zero attached hydrogens (tertiary/aromatic N) is 2. The van der Waals surface area contributed by atoms with E-state index in [-0.39, 0.29) is 11.8 Å². The summed E-state index contributed by atoms with van der Waals surface area (Å²) in [6.45, 7) is 8.50. The minimum absolute atomic E-state index is 0.169. The molecule has 0 spiro atoms. The van der Waals surface area contributed by atoms with Crippen LogP contribution in [0.3, 0.4) is 0 Å². The summed E-state index contributed by atoms with van der Waals surface area (Å²) in [6, 6.07) is 6.60. The number of para-hydroxylation sites is 1. The van der Waals surface area contributed by atoms with Crippen molar-refractivity contribution in [3.63, 3.8) is 0 Å². The molecule has 29 heavy (non-hydrogen) atoms. The van der Waals surface area contributed by atoms with Crippen LogP contribution in [0.25, 0.3) is 10.9 Å². The molecule has 8 heteroatoms. The van der Waals surface area contributed by atoms with Crippen molar-refractivity contribution < 1.29 is 8.42 Å². The zero-order valence-electron chi connectivity index (χ0n) is 17.7. The largest absolute Gasteiger partial charge is 0.361 e. The van der Waals surface area contributed by atoms with E-state index >= 15 is 0 Å². The topological polar surface area (TPSA) is 89.6 Å². The highest BCUT2D eigenvalue weighted by atomic mass is 32.2. The zero-order valence-corrected chi connectivity index (χ0v) is 18.5. The van der Waals surface area contributed by atoms with Gasteiger partial charge in [0.25, 0.3) is 0 Å². The highest BCUT2D eigenvalue weighted by Gasteiger charge is 2.26. The predicted molar refractivity (Wildman–Crippen MR) is 120 cm³/mol. The number of rotatable bonds is 7. The van der Waals surface area contributed by atoms with Gasteiger partial charge in [-0.3, -0.25) is 4.99 Å². The molecule has 3 N–H and O–H groups in total. The second kappa shape index (κ2) is 9.63. The minimum atomic E-state index is -3.09. The van der Waals surface area contributed by atoms with Gasteiger partial charge in [-0.25, -0.2) is 12.7 Å². The number of guanidine groups is 1. The first-order valence-corrected chi connectivity index (χ1v) is 12.1. The van der Waals surface area contributed by atoms with E-state index in [0.29, 0.717) is 19.6 Å². The molecule has 7 nitrogen and oxygen atoms in total. The van der Waals surface area contributed by atoms with Gasteiger partial charge in [0.2, 0.25) is 10.0 Å². The number of aryl methyl sites for hydroxylation is 1. The van der Waals surface area contributed by atoms with Crippen LogP contribution < -0.4 is 10.6 Å². The third-order valence-electron chi connectivity index (χ3n) is 5.56. The number of aliphatic imine (C=N–C) groups is 1. The average Bonchev–Trinajstić information content (AvgIpc) is 3.13. The first-order valence-electron chi connectivity index (χ1n) is 10.5. The Kier molecular flexibility index (Phi) is 7.18. The standard InChI is InChI=1S/C21H33N5O2S/c1-4-22-21(25-18-10-13-26(14-11-18)29(27,28)5-2)23-12-9-17-15-24-20-16(3)7-6-8-19(17)20/h6-8,15,18,24H,4-5,9-14H2,1-3H3,(H2,22,23,25). The fraction of sp³-hybridized carbons (Fsp3) is 0.571. The number of aromatic nitrogens is 1. The molecule has 3 rings (SSSR count). The highest BCUT2D eigenvalue weighted by Crippen LogP contribution is 2.21. The molecule has 160 valence electrons. The predicted octanol–water partition coefficient (Wildman–Crippen LogP) is 2.39. The van der Waals surface area contributed by atoms with Crippen LogP contribution in [0.5, 0.6) is 0 Å². The summed E-state index contributed by atoms with van der Waals surface area (Å²) in [4.78, 5) is 8.12. The van der Waals surface area contributed by atoms with E-state index in [1.54, 1.807) is 11.2 Å². The Morgan fingerprint density at radius 1 is 1.28 bits per heavy atom. The van der Waals surface area contributed by atoms with Gasteiger partial charge in [0.05, 0.1) is 5.75 Å². The summed E-state index contributed by atoms with van der Waals surface area (Å²) in [6.07, 6.45) is 4.54. The van der Waals surface area contributed by atoms with Gasteiger partial charge in [0.1, 0.15) is 0 Å². The molecular formula is C21H33N5O2S. The van der Waals surface area contributed by atoms with Crippen molar-refractivity contribution in [1.29, 1.82) is 0 Å². The molecule has 1 aliphatic heterocycles. The number of hydrogen-bond donors (Lipinski definition) is 3. The van der Waals surface area contributed by atoms with Crippen LogP contribution in [-0.4, -0.2) is 61.6 Å². The number of hydrogen-bond acceptors (Lipinski definition) is 3. The molecule has 0 atom stereocenters. The van der Waals surface area contributed by atoms with Crippen LogP contribution in [0, 0.1) is 6.92 Å². The van der Waals surface area contributed by atoms with E-state index in [2.05, 4.69) is 53.9 Å². The van der Waals surface area contributed by atoms with E-state index in [0.717, 1.165) is 31.8 Å². The van der Waals surface area contributed by atoms with Crippen LogP contribution in [0.1, 0.15) is 37.8 Å². The van der Waals surface area contributed by atoms with Crippen molar-refractivity contribution >= 4 is 26.9 Å². The summed E-state index contributed by atoms with van der Waals surface area (Å²) >= 11 is 0. The van der Waals surface area contributed by atoms with Crippen molar-refractivity contribution in [2.45, 2.75) is 46.1 Å². The molecule has 0 radical (unpaired) electrons. The molecule has 1 aromatic carbocycles. The summed E-state index contributed by atoms with van der Waals surface area (Å²) in [5.74, 6) is 0.975. The molecule has 0 unspecified atom stereocenters. The van der Waals surface area contributed by atoms with Gasteiger partial charge in [0, 0.05) is 49.3 Å². The lowest BCUT2D eigenvalue weighted by atomic mass is 10.1. The average molecular weight is 420 g/mol. The molecule has 1 aromatic heterocycles. The maximum absolute atomic E-state index is 12.0. The van der Waals surface area contributed by atoms with Crippen LogP contribution in [-0.2, 0) is 16.4 Å². The van der Waals surface area contributed by atoms with E-state index in [9.17, 15) is 8.42 Å². The Hall–Kier alpha value is -2.06. The molecule has 1 aliphatic rings. The van der Waals surface area contributed by atoms with E-state index in [1.807, 2.05) is 0 Å². The first kappa shape index (κ1) is 21.6. The Morgan fingerprint density at radius 2 is 2.03 bits per heavy atom. The Labute approximate surface area is 174 Å². The van der Waals surface area contributed by atoms with Gasteiger partial charge in [-0.1, -0.05) is 18.2 Å². The van der Waals surface area contributed by atoms with Crippen molar-refractivity contribution in [2.75, 3.05) is 31.9 Å². The Bertz CT molecular complexity index is 943. The van der Waals surface area contributed by atoms with Gasteiger partial charge in [0.15, 0.2) is 5.96 Å². The van der Waals surface area contributed by atoms with Gasteiger partial charge < -0.3 is 15.6 Å². The third-order valence-corrected chi connectivity index (χ3v) is 7.44. The quantitative estimate of drug-likeness (QED) is 0.475. The van der Waals surface area contributed by atoms with E-state index < -0.39 is 10.0 Å². The SMILES string of the molecule is CCNC(=NCCc1c[nH]c2c(C)cccc12)NC1CCN(S(=O)(=O)CC)CC1. The fourth-order valence-electron chi connectivity index (χ4n) is 3.83. The molecule has 1 saturated heterocycles. The maximum atomic E-state index is 12.0. The highest BCUT2D eigenvalue weighted by molar-refractivity contribution is 7.89. The number of fused-ring (bicyclic) bond motifs is 1. The van der Waals surface area contributed by atoms with Crippen molar-refractivity contribution in [3.8, 4) is 0 Å². The smallest absolute Gasteiger partial charge is 0.213 e. The molecule has 0 amide bonds. The first-order chi connectivity index (χ1) is 13.9. The molecular weight excluding hydrogens is 386 g/mol. The molecule has 0 aliphatic carbocycles. The second-order valence-corrected chi connectivity index (χ2v) is 9.80. The van der Waals surface area contributed by atoms with Crippen molar-refractivity contribution in [1.82, 2.24) is 19.9 Å². The fourth-order valence-corrected chi connectivity index (χ4v) is 4.97. The second-order valence-electron chi connectivity index (χ2n) is 7.54. The lowest BCUT2D eigenvalue weighted by Gasteiger charge is -2.32. The molecule has 0 saturated carbocycles. The van der Waals surface area contributed by atoms with Gasteiger partial charge in [-0.2, -0.15) is 0 Å². The minimum Gasteiger partial charge on any atom is -0.361 e. The van der Waals surface area contributed by atoms with E-state index in [1.165, 1.54) is 22.0 Å². The van der Waals surface area contributed by atoms with Crippen LogP contribution >= 0.6 is 0 Å². The van der Waals surface area contributed by atoms with Gasteiger partial charge in [-0.05, 0) is 51.2 Å². The summed E-state index contributed by atoms with van der Waals surface area (Å²) in [5.41, 5.74) is 3.73.